The first kappa shape index (κ1) is 22.0. The van der Waals surface area contributed by atoms with Crippen LogP contribution in [0.3, 0.4) is 0 Å². The Morgan fingerprint density at radius 3 is 2.43 bits per heavy atom. The van der Waals surface area contributed by atoms with Crippen molar-refractivity contribution in [2.24, 2.45) is 0 Å². The van der Waals surface area contributed by atoms with Crippen LogP contribution in [-0.2, 0) is 14.8 Å². The van der Waals surface area contributed by atoms with E-state index in [1.54, 1.807) is 37.5 Å². The van der Waals surface area contributed by atoms with Gasteiger partial charge in [-0.3, -0.25) is 4.79 Å². The molecular weight excluding hydrogens is 406 g/mol. The maximum absolute atomic E-state index is 12.6. The van der Waals surface area contributed by atoms with E-state index >= 15 is 0 Å². The average molecular weight is 434 g/mol. The predicted molar refractivity (Wildman–Crippen MR) is 114 cm³/mol. The number of carbonyl (C=O) groups is 1. The highest BCUT2D eigenvalue weighted by Gasteiger charge is 2.27. The fourth-order valence-electron chi connectivity index (χ4n) is 3.12. The van der Waals surface area contributed by atoms with Crippen LogP contribution in [0.5, 0.6) is 5.75 Å². The molecule has 1 saturated heterocycles. The molecule has 1 aliphatic rings. The number of sulfonamides is 1. The summed E-state index contributed by atoms with van der Waals surface area (Å²) in [4.78, 5) is 22.5. The van der Waals surface area contributed by atoms with E-state index in [1.807, 2.05) is 23.1 Å². The van der Waals surface area contributed by atoms with E-state index in [4.69, 9.17) is 4.74 Å². The van der Waals surface area contributed by atoms with Gasteiger partial charge in [-0.05, 0) is 31.5 Å². The van der Waals surface area contributed by atoms with E-state index in [0.29, 0.717) is 44.3 Å². The lowest BCUT2D eigenvalue weighted by Crippen LogP contribution is -2.50. The van der Waals surface area contributed by atoms with Crippen LogP contribution < -0.4 is 15.0 Å². The molecule has 3 rings (SSSR count). The lowest BCUT2D eigenvalue weighted by atomic mass is 10.3. The molecule has 1 N–H and O–H groups in total. The maximum atomic E-state index is 12.6. The first-order valence-electron chi connectivity index (χ1n) is 9.95. The number of nitrogens with zero attached hydrogens (tertiary/aromatic N) is 4. The van der Waals surface area contributed by atoms with Crippen LogP contribution in [0.2, 0.25) is 0 Å². The second-order valence-corrected chi connectivity index (χ2v) is 9.06. The number of hydrogen-bond donors (Lipinski definition) is 1. The summed E-state index contributed by atoms with van der Waals surface area (Å²) in [6.07, 6.45) is 3.03. The van der Waals surface area contributed by atoms with E-state index in [9.17, 15) is 13.2 Å². The Bertz CT molecular complexity index is 903. The Kier molecular flexibility index (Phi) is 7.58. The van der Waals surface area contributed by atoms with Gasteiger partial charge < -0.3 is 15.0 Å². The summed E-state index contributed by atoms with van der Waals surface area (Å²) in [6.45, 7) is 3.83. The summed E-state index contributed by atoms with van der Waals surface area (Å²) in [5, 5.41) is 2.74. The van der Waals surface area contributed by atoms with Crippen molar-refractivity contribution in [3.63, 3.8) is 0 Å². The lowest BCUT2D eigenvalue weighted by Gasteiger charge is -2.33. The van der Waals surface area contributed by atoms with Crippen molar-refractivity contribution in [3.05, 3.63) is 48.8 Å². The van der Waals surface area contributed by atoms with Gasteiger partial charge in [0.25, 0.3) is 5.91 Å². The van der Waals surface area contributed by atoms with Crippen LogP contribution in [0.25, 0.3) is 0 Å². The highest BCUT2D eigenvalue weighted by molar-refractivity contribution is 7.89. The van der Waals surface area contributed by atoms with Gasteiger partial charge in [0.1, 0.15) is 5.75 Å². The minimum atomic E-state index is -3.37. The largest absolute Gasteiger partial charge is 0.481 e. The molecule has 0 aliphatic carbocycles. The number of nitrogens with one attached hydrogen (secondary N) is 1. The molecular formula is C20H27N5O4S. The molecule has 0 unspecified atom stereocenters. The number of rotatable bonds is 9. The van der Waals surface area contributed by atoms with Crippen LogP contribution in [-0.4, -0.2) is 73.2 Å². The van der Waals surface area contributed by atoms with Gasteiger partial charge in [0, 0.05) is 45.1 Å². The molecule has 1 aromatic heterocycles. The summed E-state index contributed by atoms with van der Waals surface area (Å²) in [5.74, 6) is 0.947. The van der Waals surface area contributed by atoms with Gasteiger partial charge in [0.15, 0.2) is 6.10 Å². The molecule has 1 aromatic carbocycles. The molecule has 1 amide bonds. The fraction of sp³-hybridized carbons (Fsp3) is 0.450. The minimum Gasteiger partial charge on any atom is -0.481 e. The van der Waals surface area contributed by atoms with Gasteiger partial charge in [0.05, 0.1) is 5.75 Å². The molecule has 2 heterocycles. The topological polar surface area (TPSA) is 105 Å². The Morgan fingerprint density at radius 1 is 1.10 bits per heavy atom. The zero-order valence-electron chi connectivity index (χ0n) is 17.0. The van der Waals surface area contributed by atoms with Crippen LogP contribution >= 0.6 is 0 Å². The van der Waals surface area contributed by atoms with Crippen LogP contribution in [0.15, 0.2) is 48.8 Å². The SMILES string of the molecule is C[C@H](Oc1ccccc1)C(=O)NCCCS(=O)(=O)N1CCN(c2ncccn2)CC1. The van der Waals surface area contributed by atoms with Crippen molar-refractivity contribution in [1.82, 2.24) is 19.6 Å². The zero-order chi connectivity index (χ0) is 21.4. The predicted octanol–water partition coefficient (Wildman–Crippen LogP) is 0.902. The second kappa shape index (κ2) is 10.4. The van der Waals surface area contributed by atoms with E-state index in [1.165, 1.54) is 4.31 Å². The third-order valence-electron chi connectivity index (χ3n) is 4.77. The molecule has 0 radical (unpaired) electrons. The van der Waals surface area contributed by atoms with E-state index in [0.717, 1.165) is 0 Å². The molecule has 1 atom stereocenters. The summed E-state index contributed by atoms with van der Waals surface area (Å²) < 4.78 is 32.2. The number of benzene rings is 1. The van der Waals surface area contributed by atoms with Gasteiger partial charge in [-0.1, -0.05) is 18.2 Å². The zero-order valence-corrected chi connectivity index (χ0v) is 17.8. The first-order chi connectivity index (χ1) is 14.5. The van der Waals surface area contributed by atoms with Crippen molar-refractivity contribution < 1.29 is 17.9 Å². The van der Waals surface area contributed by atoms with Crippen LogP contribution in [0.1, 0.15) is 13.3 Å². The monoisotopic (exact) mass is 433 g/mol. The van der Waals surface area contributed by atoms with Crippen molar-refractivity contribution in [3.8, 4) is 5.75 Å². The summed E-state index contributed by atoms with van der Waals surface area (Å²) >= 11 is 0. The second-order valence-electron chi connectivity index (χ2n) is 6.97. The number of amides is 1. The number of carbonyl (C=O) groups excluding carboxylic acids is 1. The molecule has 0 saturated carbocycles. The number of hydrogen-bond acceptors (Lipinski definition) is 7. The molecule has 30 heavy (non-hydrogen) atoms. The fourth-order valence-corrected chi connectivity index (χ4v) is 4.60. The van der Waals surface area contributed by atoms with Crippen molar-refractivity contribution in [2.75, 3.05) is 43.4 Å². The number of para-hydroxylation sites is 1. The van der Waals surface area contributed by atoms with Gasteiger partial charge in [-0.25, -0.2) is 18.4 Å². The first-order valence-corrected chi connectivity index (χ1v) is 11.6. The highest BCUT2D eigenvalue weighted by Crippen LogP contribution is 2.13. The average Bonchev–Trinajstić information content (AvgIpc) is 2.78. The molecule has 2 aromatic rings. The van der Waals surface area contributed by atoms with E-state index in [-0.39, 0.29) is 18.2 Å². The number of aromatic nitrogens is 2. The Hall–Kier alpha value is -2.72. The number of anilines is 1. The quantitative estimate of drug-likeness (QED) is 0.586. The van der Waals surface area contributed by atoms with E-state index in [2.05, 4.69) is 15.3 Å². The molecule has 0 spiro atoms. The van der Waals surface area contributed by atoms with Gasteiger partial charge >= 0.3 is 0 Å². The molecule has 1 aliphatic heterocycles. The molecule has 10 heteroatoms. The molecule has 162 valence electrons. The van der Waals surface area contributed by atoms with Crippen LogP contribution in [0, 0.1) is 0 Å². The van der Waals surface area contributed by atoms with Gasteiger partial charge in [0.2, 0.25) is 16.0 Å². The third kappa shape index (κ3) is 6.14. The Labute approximate surface area is 177 Å². The smallest absolute Gasteiger partial charge is 0.260 e. The number of ether oxygens (including phenoxy) is 1. The van der Waals surface area contributed by atoms with Crippen molar-refractivity contribution in [2.45, 2.75) is 19.4 Å². The number of piperazine rings is 1. The normalized spacial score (nSPS) is 16.1. The Balaban J connectivity index is 1.37. The van der Waals surface area contributed by atoms with Crippen molar-refractivity contribution >= 4 is 21.9 Å². The lowest BCUT2D eigenvalue weighted by molar-refractivity contribution is -0.127. The van der Waals surface area contributed by atoms with E-state index < -0.39 is 16.1 Å². The molecule has 9 nitrogen and oxygen atoms in total. The summed E-state index contributed by atoms with van der Waals surface area (Å²) in [5.41, 5.74) is 0. The third-order valence-corrected chi connectivity index (χ3v) is 6.73. The van der Waals surface area contributed by atoms with Gasteiger partial charge in [-0.2, -0.15) is 4.31 Å². The van der Waals surface area contributed by atoms with Crippen molar-refractivity contribution in [1.29, 1.82) is 0 Å². The minimum absolute atomic E-state index is 0.0109. The maximum Gasteiger partial charge on any atom is 0.260 e. The Morgan fingerprint density at radius 2 is 1.77 bits per heavy atom. The standard InChI is InChI=1S/C20H27N5O4S/c1-17(29-18-7-3-2-4-8-18)19(26)21-11-6-16-30(27,28)25-14-12-24(13-15-25)20-22-9-5-10-23-20/h2-5,7-10,17H,6,11-16H2,1H3,(H,21,26)/t17-/m0/s1. The summed E-state index contributed by atoms with van der Waals surface area (Å²) in [7, 11) is -3.37. The highest BCUT2D eigenvalue weighted by atomic mass is 32.2. The van der Waals surface area contributed by atoms with Crippen LogP contribution in [0.4, 0.5) is 5.95 Å². The summed E-state index contributed by atoms with van der Waals surface area (Å²) in [6, 6.07) is 10.8. The molecule has 1 fully saturated rings. The molecule has 0 bridgehead atoms. The van der Waals surface area contributed by atoms with Gasteiger partial charge in [-0.15, -0.1) is 0 Å².